The molecule has 102 valence electrons. The van der Waals surface area contributed by atoms with Crippen molar-refractivity contribution in [1.82, 2.24) is 4.90 Å². The van der Waals surface area contributed by atoms with Crippen molar-refractivity contribution < 1.29 is 0 Å². The lowest BCUT2D eigenvalue weighted by Gasteiger charge is -2.36. The van der Waals surface area contributed by atoms with E-state index in [1.54, 1.807) is 0 Å². The average molecular weight is 240 g/mol. The first kappa shape index (κ1) is 15.0. The summed E-state index contributed by atoms with van der Waals surface area (Å²) >= 11 is 0. The van der Waals surface area contributed by atoms with Crippen molar-refractivity contribution in [1.29, 1.82) is 0 Å². The molecule has 0 aromatic heterocycles. The van der Waals surface area contributed by atoms with E-state index in [4.69, 9.17) is 5.73 Å². The van der Waals surface area contributed by atoms with Crippen LogP contribution >= 0.6 is 0 Å². The molecular formula is C15H32N2. The van der Waals surface area contributed by atoms with E-state index in [2.05, 4.69) is 32.6 Å². The summed E-state index contributed by atoms with van der Waals surface area (Å²) in [5.74, 6) is 0.805. The van der Waals surface area contributed by atoms with Gasteiger partial charge in [-0.2, -0.15) is 0 Å². The SMILES string of the molecule is CC(C)CCN(CC(C)(C)CN)C1CCCC1. The predicted octanol–water partition coefficient (Wildman–Crippen LogP) is 3.26. The fraction of sp³-hybridized carbons (Fsp3) is 1.00. The van der Waals surface area contributed by atoms with E-state index in [1.807, 2.05) is 0 Å². The Hall–Kier alpha value is -0.0800. The summed E-state index contributed by atoms with van der Waals surface area (Å²) in [6, 6.07) is 0.833. The number of rotatable bonds is 7. The van der Waals surface area contributed by atoms with E-state index in [0.29, 0.717) is 0 Å². The Morgan fingerprint density at radius 2 is 1.82 bits per heavy atom. The summed E-state index contributed by atoms with van der Waals surface area (Å²) in [4.78, 5) is 2.72. The predicted molar refractivity (Wildman–Crippen MR) is 76.1 cm³/mol. The number of nitrogens with two attached hydrogens (primary N) is 1. The Morgan fingerprint density at radius 1 is 1.24 bits per heavy atom. The minimum Gasteiger partial charge on any atom is -0.330 e. The molecule has 1 rings (SSSR count). The van der Waals surface area contributed by atoms with Crippen LogP contribution in [0.2, 0.25) is 0 Å². The third-order valence-electron chi connectivity index (χ3n) is 4.02. The van der Waals surface area contributed by atoms with Gasteiger partial charge in [-0.1, -0.05) is 40.5 Å². The first-order valence-corrected chi connectivity index (χ1v) is 7.39. The van der Waals surface area contributed by atoms with Crippen LogP contribution in [0, 0.1) is 11.3 Å². The number of nitrogens with zero attached hydrogens (tertiary/aromatic N) is 1. The Kier molecular flexibility index (Phi) is 5.94. The summed E-state index contributed by atoms with van der Waals surface area (Å²) in [7, 11) is 0. The van der Waals surface area contributed by atoms with Gasteiger partial charge in [0.25, 0.3) is 0 Å². The van der Waals surface area contributed by atoms with E-state index in [9.17, 15) is 0 Å². The zero-order valence-electron chi connectivity index (χ0n) is 12.3. The van der Waals surface area contributed by atoms with Crippen molar-refractivity contribution in [3.8, 4) is 0 Å². The van der Waals surface area contributed by atoms with Crippen LogP contribution in [0.3, 0.4) is 0 Å². The van der Waals surface area contributed by atoms with Gasteiger partial charge in [-0.15, -0.1) is 0 Å². The van der Waals surface area contributed by atoms with Crippen molar-refractivity contribution in [3.63, 3.8) is 0 Å². The normalized spacial score (nSPS) is 18.5. The first-order chi connectivity index (χ1) is 7.94. The highest BCUT2D eigenvalue weighted by Crippen LogP contribution is 2.27. The molecule has 0 aromatic carbocycles. The smallest absolute Gasteiger partial charge is 0.00954 e. The third kappa shape index (κ3) is 5.39. The summed E-state index contributed by atoms with van der Waals surface area (Å²) in [5, 5.41) is 0. The lowest BCUT2D eigenvalue weighted by atomic mass is 9.92. The Balaban J connectivity index is 2.51. The molecule has 2 nitrogen and oxygen atoms in total. The zero-order valence-corrected chi connectivity index (χ0v) is 12.3. The quantitative estimate of drug-likeness (QED) is 0.740. The molecule has 1 aliphatic rings. The summed E-state index contributed by atoms with van der Waals surface area (Å²) < 4.78 is 0. The van der Waals surface area contributed by atoms with Crippen LogP contribution < -0.4 is 5.73 Å². The van der Waals surface area contributed by atoms with Crippen LogP contribution in [0.15, 0.2) is 0 Å². The Morgan fingerprint density at radius 3 is 2.29 bits per heavy atom. The summed E-state index contributed by atoms with van der Waals surface area (Å²) in [6.45, 7) is 12.4. The van der Waals surface area contributed by atoms with Gasteiger partial charge >= 0.3 is 0 Å². The molecule has 2 N–H and O–H groups in total. The molecule has 0 bridgehead atoms. The van der Waals surface area contributed by atoms with Crippen molar-refractivity contribution in [2.75, 3.05) is 19.6 Å². The molecule has 0 heterocycles. The Labute approximate surface area is 108 Å². The zero-order chi connectivity index (χ0) is 12.9. The molecule has 0 aliphatic heterocycles. The van der Waals surface area contributed by atoms with E-state index >= 15 is 0 Å². The second-order valence-corrected chi connectivity index (χ2v) is 6.96. The molecule has 0 radical (unpaired) electrons. The van der Waals surface area contributed by atoms with Gasteiger partial charge in [-0.3, -0.25) is 4.90 Å². The molecule has 1 fully saturated rings. The number of hydrogen-bond acceptors (Lipinski definition) is 2. The topological polar surface area (TPSA) is 29.3 Å². The maximum absolute atomic E-state index is 5.88. The lowest BCUT2D eigenvalue weighted by Crippen LogP contribution is -2.44. The van der Waals surface area contributed by atoms with Crippen molar-refractivity contribution in [2.45, 2.75) is 65.8 Å². The molecule has 0 aromatic rings. The van der Waals surface area contributed by atoms with Crippen LogP contribution in [0.1, 0.15) is 59.8 Å². The van der Waals surface area contributed by atoms with Crippen molar-refractivity contribution in [2.24, 2.45) is 17.1 Å². The molecule has 0 amide bonds. The van der Waals surface area contributed by atoms with Gasteiger partial charge in [0.1, 0.15) is 0 Å². The molecule has 2 heteroatoms. The van der Waals surface area contributed by atoms with Crippen LogP contribution in [0.5, 0.6) is 0 Å². The van der Waals surface area contributed by atoms with Gasteiger partial charge < -0.3 is 5.73 Å². The molecule has 1 saturated carbocycles. The second kappa shape index (κ2) is 6.75. The molecule has 0 unspecified atom stereocenters. The van der Waals surface area contributed by atoms with Gasteiger partial charge in [0.05, 0.1) is 0 Å². The lowest BCUT2D eigenvalue weighted by molar-refractivity contribution is 0.127. The second-order valence-electron chi connectivity index (χ2n) is 6.96. The van der Waals surface area contributed by atoms with Gasteiger partial charge in [0, 0.05) is 12.6 Å². The minimum atomic E-state index is 0.263. The highest BCUT2D eigenvalue weighted by atomic mass is 15.2. The van der Waals surface area contributed by atoms with E-state index in [-0.39, 0.29) is 5.41 Å². The van der Waals surface area contributed by atoms with Crippen molar-refractivity contribution in [3.05, 3.63) is 0 Å². The van der Waals surface area contributed by atoms with E-state index in [0.717, 1.165) is 18.5 Å². The first-order valence-electron chi connectivity index (χ1n) is 7.39. The van der Waals surface area contributed by atoms with Crippen LogP contribution in [0.4, 0.5) is 0 Å². The monoisotopic (exact) mass is 240 g/mol. The molecule has 17 heavy (non-hydrogen) atoms. The maximum atomic E-state index is 5.88. The molecule has 0 saturated heterocycles. The van der Waals surface area contributed by atoms with Crippen LogP contribution in [-0.4, -0.2) is 30.6 Å². The number of hydrogen-bond donors (Lipinski definition) is 1. The minimum absolute atomic E-state index is 0.263. The Bertz CT molecular complexity index is 205. The highest BCUT2D eigenvalue weighted by Gasteiger charge is 2.27. The standard InChI is InChI=1S/C15H32N2/c1-13(2)9-10-17(12-15(3,4)11-16)14-7-5-6-8-14/h13-14H,5-12,16H2,1-4H3. The fourth-order valence-corrected chi connectivity index (χ4v) is 2.70. The molecule has 1 aliphatic carbocycles. The summed E-state index contributed by atoms with van der Waals surface area (Å²) in [5.41, 5.74) is 6.15. The molecule has 0 spiro atoms. The van der Waals surface area contributed by atoms with Crippen LogP contribution in [0.25, 0.3) is 0 Å². The van der Waals surface area contributed by atoms with Gasteiger partial charge in [0.15, 0.2) is 0 Å². The average Bonchev–Trinajstić information content (AvgIpc) is 2.77. The summed E-state index contributed by atoms with van der Waals surface area (Å²) in [6.07, 6.45) is 6.96. The van der Waals surface area contributed by atoms with E-state index < -0.39 is 0 Å². The fourth-order valence-electron chi connectivity index (χ4n) is 2.70. The van der Waals surface area contributed by atoms with E-state index in [1.165, 1.54) is 45.2 Å². The molecule has 0 atom stereocenters. The van der Waals surface area contributed by atoms with Gasteiger partial charge in [-0.25, -0.2) is 0 Å². The van der Waals surface area contributed by atoms with Gasteiger partial charge in [-0.05, 0) is 43.7 Å². The van der Waals surface area contributed by atoms with Crippen LogP contribution in [-0.2, 0) is 0 Å². The van der Waals surface area contributed by atoms with Crippen molar-refractivity contribution >= 4 is 0 Å². The highest BCUT2D eigenvalue weighted by molar-refractivity contribution is 4.82. The largest absolute Gasteiger partial charge is 0.330 e. The third-order valence-corrected chi connectivity index (χ3v) is 4.02. The maximum Gasteiger partial charge on any atom is 0.00954 e. The molecular weight excluding hydrogens is 208 g/mol. The van der Waals surface area contributed by atoms with Gasteiger partial charge in [0.2, 0.25) is 0 Å².